The maximum absolute atomic E-state index is 12.1. The van der Waals surface area contributed by atoms with Crippen molar-refractivity contribution in [3.05, 3.63) is 24.2 Å². The second-order valence-electron chi connectivity index (χ2n) is 4.21. The molecular formula is C12H15NO4. The van der Waals surface area contributed by atoms with Crippen molar-refractivity contribution in [2.45, 2.75) is 25.8 Å². The molecule has 2 heterocycles. The van der Waals surface area contributed by atoms with Gasteiger partial charge in [0.25, 0.3) is 5.91 Å². The summed E-state index contributed by atoms with van der Waals surface area (Å²) in [6.07, 6.45) is 3.45. The molecule has 0 radical (unpaired) electrons. The van der Waals surface area contributed by atoms with Gasteiger partial charge in [0.2, 0.25) is 0 Å². The summed E-state index contributed by atoms with van der Waals surface area (Å²) in [6, 6.07) is 1.59. The number of rotatable bonds is 3. The van der Waals surface area contributed by atoms with Crippen LogP contribution in [-0.4, -0.2) is 35.5 Å². The molecule has 1 fully saturated rings. The van der Waals surface area contributed by atoms with Crippen molar-refractivity contribution < 1.29 is 18.7 Å². The molecular weight excluding hydrogens is 222 g/mol. The zero-order chi connectivity index (χ0) is 12.5. The summed E-state index contributed by atoms with van der Waals surface area (Å²) in [7, 11) is 0. The van der Waals surface area contributed by atoms with E-state index in [1.165, 1.54) is 17.4 Å². The summed E-state index contributed by atoms with van der Waals surface area (Å²) in [5, 5.41) is 0. The number of carbonyl (C=O) groups excluding carboxylic acids is 2. The summed E-state index contributed by atoms with van der Waals surface area (Å²) in [6.45, 7) is 4.37. The molecule has 0 spiro atoms. The summed E-state index contributed by atoms with van der Waals surface area (Å²) in [5.41, 5.74) is -0.370. The van der Waals surface area contributed by atoms with E-state index in [2.05, 4.69) is 0 Å². The molecule has 0 bridgehead atoms. The monoisotopic (exact) mass is 237 g/mol. The van der Waals surface area contributed by atoms with E-state index in [-0.39, 0.29) is 11.9 Å². The van der Waals surface area contributed by atoms with Gasteiger partial charge < -0.3 is 14.1 Å². The van der Waals surface area contributed by atoms with E-state index >= 15 is 0 Å². The average Bonchev–Trinajstić information content (AvgIpc) is 2.80. The number of hydrogen-bond donors (Lipinski definition) is 0. The zero-order valence-corrected chi connectivity index (χ0v) is 9.93. The molecule has 17 heavy (non-hydrogen) atoms. The minimum atomic E-state index is -0.829. The van der Waals surface area contributed by atoms with Gasteiger partial charge in [-0.25, -0.2) is 4.79 Å². The first-order valence-electron chi connectivity index (χ1n) is 5.61. The summed E-state index contributed by atoms with van der Waals surface area (Å²) in [4.78, 5) is 25.4. The van der Waals surface area contributed by atoms with Crippen LogP contribution < -0.4 is 0 Å². The lowest BCUT2D eigenvalue weighted by molar-refractivity contribution is -0.162. The lowest BCUT2D eigenvalue weighted by atomic mass is 9.86. The van der Waals surface area contributed by atoms with Crippen molar-refractivity contribution in [1.29, 1.82) is 0 Å². The fraction of sp³-hybridized carbons (Fsp3) is 0.500. The molecule has 1 atom stereocenters. The third kappa shape index (κ3) is 1.81. The molecule has 0 saturated carbocycles. The molecule has 2 rings (SSSR count). The van der Waals surface area contributed by atoms with E-state index in [0.29, 0.717) is 25.1 Å². The zero-order valence-electron chi connectivity index (χ0n) is 9.93. The van der Waals surface area contributed by atoms with E-state index in [1.807, 2.05) is 0 Å². The van der Waals surface area contributed by atoms with Gasteiger partial charge >= 0.3 is 5.97 Å². The fourth-order valence-electron chi connectivity index (χ4n) is 1.93. The third-order valence-corrected chi connectivity index (χ3v) is 3.15. The van der Waals surface area contributed by atoms with Crippen LogP contribution in [0.25, 0.3) is 0 Å². The van der Waals surface area contributed by atoms with Crippen LogP contribution in [0.5, 0.6) is 0 Å². The molecule has 1 aliphatic rings. The Morgan fingerprint density at radius 3 is 2.82 bits per heavy atom. The van der Waals surface area contributed by atoms with E-state index < -0.39 is 5.54 Å². The van der Waals surface area contributed by atoms with Gasteiger partial charge in [-0.3, -0.25) is 4.79 Å². The number of amides is 1. The molecule has 5 heteroatoms. The Labute approximate surface area is 99.3 Å². The van der Waals surface area contributed by atoms with Gasteiger partial charge in [0.1, 0.15) is 11.8 Å². The minimum absolute atomic E-state index is 0.194. The molecule has 1 unspecified atom stereocenters. The molecule has 1 aromatic rings. The van der Waals surface area contributed by atoms with E-state index in [9.17, 15) is 9.59 Å². The number of ether oxygens (including phenoxy) is 1. The van der Waals surface area contributed by atoms with Crippen molar-refractivity contribution >= 4 is 11.9 Å². The number of likely N-dealkylation sites (tertiary alicyclic amines) is 1. The number of furan rings is 1. The fourth-order valence-corrected chi connectivity index (χ4v) is 1.93. The maximum Gasteiger partial charge on any atom is 0.331 e. The van der Waals surface area contributed by atoms with Crippen molar-refractivity contribution in [1.82, 2.24) is 4.90 Å². The highest BCUT2D eigenvalue weighted by atomic mass is 16.5. The lowest BCUT2D eigenvalue weighted by Crippen LogP contribution is -2.65. The first kappa shape index (κ1) is 11.7. The predicted molar refractivity (Wildman–Crippen MR) is 59.4 cm³/mol. The highest BCUT2D eigenvalue weighted by Crippen LogP contribution is 2.33. The highest BCUT2D eigenvalue weighted by Gasteiger charge is 2.50. The molecule has 92 valence electrons. The van der Waals surface area contributed by atoms with Gasteiger partial charge in [0.15, 0.2) is 0 Å². The molecule has 0 aromatic carbocycles. The summed E-state index contributed by atoms with van der Waals surface area (Å²) >= 11 is 0. The Bertz CT molecular complexity index is 426. The topological polar surface area (TPSA) is 59.8 Å². The molecule has 1 aliphatic heterocycles. The SMILES string of the molecule is CCOC(=O)C1(C)CCN1C(=O)c1ccoc1. The Morgan fingerprint density at radius 2 is 2.35 bits per heavy atom. The van der Waals surface area contributed by atoms with Crippen LogP contribution in [0.15, 0.2) is 23.0 Å². The Balaban J connectivity index is 2.13. The van der Waals surface area contributed by atoms with Gasteiger partial charge in [0.05, 0.1) is 18.4 Å². The van der Waals surface area contributed by atoms with E-state index in [0.717, 1.165) is 0 Å². The van der Waals surface area contributed by atoms with Crippen LogP contribution in [0.1, 0.15) is 30.6 Å². The first-order chi connectivity index (χ1) is 8.09. The Hall–Kier alpha value is -1.78. The molecule has 1 aromatic heterocycles. The third-order valence-electron chi connectivity index (χ3n) is 3.15. The van der Waals surface area contributed by atoms with Crippen LogP contribution in [0, 0.1) is 0 Å². The van der Waals surface area contributed by atoms with Crippen LogP contribution in [0.3, 0.4) is 0 Å². The lowest BCUT2D eigenvalue weighted by Gasteiger charge is -2.47. The first-order valence-corrected chi connectivity index (χ1v) is 5.61. The smallest absolute Gasteiger partial charge is 0.331 e. The van der Waals surface area contributed by atoms with Crippen LogP contribution >= 0.6 is 0 Å². The number of hydrogen-bond acceptors (Lipinski definition) is 4. The molecule has 1 saturated heterocycles. The Morgan fingerprint density at radius 1 is 1.59 bits per heavy atom. The molecule has 1 amide bonds. The molecule has 0 N–H and O–H groups in total. The van der Waals surface area contributed by atoms with E-state index in [1.54, 1.807) is 19.9 Å². The normalized spacial score (nSPS) is 23.1. The van der Waals surface area contributed by atoms with Crippen LogP contribution in [0.4, 0.5) is 0 Å². The summed E-state index contributed by atoms with van der Waals surface area (Å²) in [5.74, 6) is -0.538. The van der Waals surface area contributed by atoms with Crippen molar-refractivity contribution in [2.75, 3.05) is 13.2 Å². The average molecular weight is 237 g/mol. The minimum Gasteiger partial charge on any atom is -0.472 e. The van der Waals surface area contributed by atoms with Gasteiger partial charge in [0, 0.05) is 6.54 Å². The molecule has 5 nitrogen and oxygen atoms in total. The second kappa shape index (κ2) is 4.24. The Kier molecular flexibility index (Phi) is 2.92. The second-order valence-corrected chi connectivity index (χ2v) is 4.21. The number of nitrogens with zero attached hydrogens (tertiary/aromatic N) is 1. The van der Waals surface area contributed by atoms with Gasteiger partial charge in [-0.1, -0.05) is 0 Å². The van der Waals surface area contributed by atoms with Gasteiger partial charge in [-0.15, -0.1) is 0 Å². The van der Waals surface area contributed by atoms with Crippen LogP contribution in [0.2, 0.25) is 0 Å². The highest BCUT2D eigenvalue weighted by molar-refractivity contribution is 5.99. The van der Waals surface area contributed by atoms with Crippen molar-refractivity contribution in [3.8, 4) is 0 Å². The standard InChI is InChI=1S/C12H15NO4/c1-3-17-11(15)12(2)5-6-13(12)10(14)9-4-7-16-8-9/h4,7-8H,3,5-6H2,1-2H3. The van der Waals surface area contributed by atoms with Gasteiger partial charge in [-0.2, -0.15) is 0 Å². The number of carbonyl (C=O) groups is 2. The quantitative estimate of drug-likeness (QED) is 0.746. The van der Waals surface area contributed by atoms with Crippen molar-refractivity contribution in [3.63, 3.8) is 0 Å². The van der Waals surface area contributed by atoms with Crippen LogP contribution in [-0.2, 0) is 9.53 Å². The van der Waals surface area contributed by atoms with Gasteiger partial charge in [-0.05, 0) is 26.3 Å². The van der Waals surface area contributed by atoms with Crippen molar-refractivity contribution in [2.24, 2.45) is 0 Å². The van der Waals surface area contributed by atoms with E-state index in [4.69, 9.17) is 9.15 Å². The largest absolute Gasteiger partial charge is 0.472 e. The summed E-state index contributed by atoms with van der Waals surface area (Å²) < 4.78 is 9.86. The maximum atomic E-state index is 12.1. The molecule has 0 aliphatic carbocycles. The predicted octanol–water partition coefficient (Wildman–Crippen LogP) is 1.45. The number of esters is 1.